The molecule has 1 aromatic heterocycles. The van der Waals surface area contributed by atoms with E-state index in [0.29, 0.717) is 12.1 Å². The molecule has 3 nitrogen and oxygen atoms in total. The van der Waals surface area contributed by atoms with E-state index >= 15 is 0 Å². The molecule has 0 spiro atoms. The molecule has 0 saturated carbocycles. The number of aliphatic hydroxyl groups excluding tert-OH is 1. The predicted octanol–water partition coefficient (Wildman–Crippen LogP) is 3.28. The summed E-state index contributed by atoms with van der Waals surface area (Å²) in [6.45, 7) is 6.45. The lowest BCUT2D eigenvalue weighted by Crippen LogP contribution is -2.24. The summed E-state index contributed by atoms with van der Waals surface area (Å²) >= 11 is 1.67. The molecule has 0 aliphatic carbocycles. The Balaban J connectivity index is 1.94. The average molecular weight is 294 g/mol. The van der Waals surface area contributed by atoms with E-state index in [2.05, 4.69) is 17.2 Å². The fourth-order valence-electron chi connectivity index (χ4n) is 2.13. The summed E-state index contributed by atoms with van der Waals surface area (Å²) in [5.41, 5.74) is 1.74. The zero-order valence-electron chi connectivity index (χ0n) is 11.9. The van der Waals surface area contributed by atoms with Crippen LogP contribution in [-0.4, -0.2) is 16.6 Å². The fraction of sp³-hybridized carbons (Fsp3) is 0.400. The molecular weight excluding hydrogens is 275 g/mol. The zero-order chi connectivity index (χ0) is 14.7. The Hall–Kier alpha value is -1.30. The van der Waals surface area contributed by atoms with Gasteiger partial charge < -0.3 is 10.4 Å². The molecule has 108 valence electrons. The number of rotatable bonds is 5. The molecule has 1 heterocycles. The van der Waals surface area contributed by atoms with Crippen molar-refractivity contribution >= 4 is 11.3 Å². The molecule has 0 aliphatic rings. The van der Waals surface area contributed by atoms with Crippen molar-refractivity contribution in [3.63, 3.8) is 0 Å². The molecule has 0 fully saturated rings. The van der Waals surface area contributed by atoms with Crippen LogP contribution < -0.4 is 5.32 Å². The van der Waals surface area contributed by atoms with Crippen molar-refractivity contribution < 1.29 is 9.50 Å². The number of aryl methyl sites for hydroxylation is 2. The van der Waals surface area contributed by atoms with E-state index in [1.807, 2.05) is 13.8 Å². The summed E-state index contributed by atoms with van der Waals surface area (Å²) < 4.78 is 12.8. The number of hydrogen-bond donors (Lipinski definition) is 2. The van der Waals surface area contributed by atoms with Gasteiger partial charge in [0, 0.05) is 17.5 Å². The second-order valence-electron chi connectivity index (χ2n) is 4.88. The first-order valence-corrected chi connectivity index (χ1v) is 7.40. The molecule has 0 aliphatic heterocycles. The Labute approximate surface area is 122 Å². The van der Waals surface area contributed by atoms with E-state index in [-0.39, 0.29) is 11.9 Å². The van der Waals surface area contributed by atoms with E-state index in [0.717, 1.165) is 10.7 Å². The molecule has 5 heteroatoms. The summed E-state index contributed by atoms with van der Waals surface area (Å²) in [4.78, 5) is 5.59. The van der Waals surface area contributed by atoms with Crippen molar-refractivity contribution in [2.45, 2.75) is 32.9 Å². The number of aromatic nitrogens is 1. The molecular formula is C15H19FN2OS. The van der Waals surface area contributed by atoms with E-state index in [9.17, 15) is 9.50 Å². The number of aliphatic hydroxyl groups is 1. The highest BCUT2D eigenvalue weighted by atomic mass is 32.1. The Morgan fingerprint density at radius 1 is 1.30 bits per heavy atom. The third kappa shape index (κ3) is 3.62. The van der Waals surface area contributed by atoms with Crippen LogP contribution in [0.15, 0.2) is 24.3 Å². The Morgan fingerprint density at radius 3 is 2.50 bits per heavy atom. The van der Waals surface area contributed by atoms with Gasteiger partial charge in [-0.25, -0.2) is 9.37 Å². The van der Waals surface area contributed by atoms with E-state index in [4.69, 9.17) is 0 Å². The third-order valence-electron chi connectivity index (χ3n) is 3.20. The van der Waals surface area contributed by atoms with Gasteiger partial charge in [-0.1, -0.05) is 12.1 Å². The molecule has 2 unspecified atom stereocenters. The predicted molar refractivity (Wildman–Crippen MR) is 79.4 cm³/mol. The minimum Gasteiger partial charge on any atom is -0.387 e. The molecule has 0 amide bonds. The number of nitrogens with one attached hydrogen (secondary N) is 1. The van der Waals surface area contributed by atoms with Crippen LogP contribution in [0.4, 0.5) is 4.39 Å². The van der Waals surface area contributed by atoms with E-state index < -0.39 is 6.10 Å². The zero-order valence-corrected chi connectivity index (χ0v) is 12.7. The second kappa shape index (κ2) is 6.43. The number of halogens is 1. The summed E-state index contributed by atoms with van der Waals surface area (Å²) in [5.74, 6) is -0.293. The second-order valence-corrected chi connectivity index (χ2v) is 6.11. The molecule has 0 radical (unpaired) electrons. The van der Waals surface area contributed by atoms with Crippen LogP contribution >= 0.6 is 11.3 Å². The summed E-state index contributed by atoms with van der Waals surface area (Å²) in [6.07, 6.45) is -0.646. The number of hydrogen-bond acceptors (Lipinski definition) is 4. The Kier molecular flexibility index (Phi) is 4.86. The largest absolute Gasteiger partial charge is 0.387 e. The lowest BCUT2D eigenvalue weighted by molar-refractivity contribution is 0.171. The van der Waals surface area contributed by atoms with Gasteiger partial charge in [-0.05, 0) is 38.5 Å². The number of thiazole rings is 1. The summed E-state index contributed by atoms with van der Waals surface area (Å²) in [6, 6.07) is 6.07. The smallest absolute Gasteiger partial charge is 0.123 e. The standard InChI is InChI=1S/C15H19FN2OS/c1-9(15-10(2)18-11(3)20-15)17-8-14(19)12-4-6-13(16)7-5-12/h4-7,9,14,17,19H,8H2,1-3H3. The van der Waals surface area contributed by atoms with Gasteiger partial charge in [-0.15, -0.1) is 11.3 Å². The Morgan fingerprint density at radius 2 is 1.95 bits per heavy atom. The van der Waals surface area contributed by atoms with Crippen molar-refractivity contribution in [1.29, 1.82) is 0 Å². The van der Waals surface area contributed by atoms with Gasteiger partial charge in [-0.2, -0.15) is 0 Å². The van der Waals surface area contributed by atoms with Crippen molar-refractivity contribution in [2.75, 3.05) is 6.54 Å². The minimum absolute atomic E-state index is 0.135. The highest BCUT2D eigenvalue weighted by Gasteiger charge is 2.14. The molecule has 20 heavy (non-hydrogen) atoms. The van der Waals surface area contributed by atoms with Crippen LogP contribution in [-0.2, 0) is 0 Å². The van der Waals surface area contributed by atoms with Crippen LogP contribution in [0.1, 0.15) is 40.2 Å². The molecule has 0 saturated heterocycles. The van der Waals surface area contributed by atoms with E-state index in [1.54, 1.807) is 23.5 Å². The normalized spacial score (nSPS) is 14.2. The van der Waals surface area contributed by atoms with Crippen molar-refractivity contribution in [2.24, 2.45) is 0 Å². The molecule has 0 bridgehead atoms. The van der Waals surface area contributed by atoms with Gasteiger partial charge in [-0.3, -0.25) is 0 Å². The number of nitrogens with zero attached hydrogens (tertiary/aromatic N) is 1. The number of benzene rings is 1. The van der Waals surface area contributed by atoms with Crippen LogP contribution in [0, 0.1) is 19.7 Å². The first-order valence-electron chi connectivity index (χ1n) is 6.58. The van der Waals surface area contributed by atoms with Gasteiger partial charge >= 0.3 is 0 Å². The maximum absolute atomic E-state index is 12.8. The molecule has 2 aromatic rings. The Bertz CT molecular complexity index is 568. The van der Waals surface area contributed by atoms with Gasteiger partial charge in [0.05, 0.1) is 16.8 Å². The lowest BCUT2D eigenvalue weighted by atomic mass is 10.1. The van der Waals surface area contributed by atoms with Crippen LogP contribution in [0.2, 0.25) is 0 Å². The quantitative estimate of drug-likeness (QED) is 0.889. The van der Waals surface area contributed by atoms with Gasteiger partial charge in [0.2, 0.25) is 0 Å². The highest BCUT2D eigenvalue weighted by molar-refractivity contribution is 7.11. The van der Waals surface area contributed by atoms with Crippen molar-refractivity contribution in [3.8, 4) is 0 Å². The van der Waals surface area contributed by atoms with Gasteiger partial charge in [0.1, 0.15) is 5.82 Å². The average Bonchev–Trinajstić information content (AvgIpc) is 2.75. The van der Waals surface area contributed by atoms with Crippen molar-refractivity contribution in [1.82, 2.24) is 10.3 Å². The van der Waals surface area contributed by atoms with Crippen molar-refractivity contribution in [3.05, 3.63) is 51.2 Å². The first-order chi connectivity index (χ1) is 9.47. The molecule has 2 rings (SSSR count). The van der Waals surface area contributed by atoms with Crippen LogP contribution in [0.25, 0.3) is 0 Å². The fourth-order valence-corrected chi connectivity index (χ4v) is 3.09. The van der Waals surface area contributed by atoms with Crippen LogP contribution in [0.5, 0.6) is 0 Å². The maximum Gasteiger partial charge on any atom is 0.123 e. The molecule has 1 aromatic carbocycles. The van der Waals surface area contributed by atoms with Gasteiger partial charge in [0.25, 0.3) is 0 Å². The highest BCUT2D eigenvalue weighted by Crippen LogP contribution is 2.24. The topological polar surface area (TPSA) is 45.2 Å². The summed E-state index contributed by atoms with van der Waals surface area (Å²) in [7, 11) is 0. The minimum atomic E-state index is -0.646. The summed E-state index contributed by atoms with van der Waals surface area (Å²) in [5, 5.41) is 14.4. The first kappa shape index (κ1) is 15.1. The molecule has 2 atom stereocenters. The SMILES string of the molecule is Cc1nc(C)c(C(C)NCC(O)c2ccc(F)cc2)s1. The molecule has 2 N–H and O–H groups in total. The lowest BCUT2D eigenvalue weighted by Gasteiger charge is -2.17. The van der Waals surface area contributed by atoms with E-state index in [1.165, 1.54) is 17.0 Å². The third-order valence-corrected chi connectivity index (χ3v) is 4.46. The monoisotopic (exact) mass is 294 g/mol. The van der Waals surface area contributed by atoms with Gasteiger partial charge in [0.15, 0.2) is 0 Å². The maximum atomic E-state index is 12.8. The van der Waals surface area contributed by atoms with Crippen LogP contribution in [0.3, 0.4) is 0 Å².